The van der Waals surface area contributed by atoms with Crippen molar-refractivity contribution in [2.24, 2.45) is 5.92 Å². The molecule has 2 aromatic heterocycles. The van der Waals surface area contributed by atoms with Crippen LogP contribution in [-0.4, -0.2) is 57.8 Å². The molecule has 168 valence electrons. The topological polar surface area (TPSA) is 87.9 Å². The van der Waals surface area contributed by atoms with Crippen molar-refractivity contribution >= 4 is 33.2 Å². The predicted octanol–water partition coefficient (Wildman–Crippen LogP) is 3.15. The first-order chi connectivity index (χ1) is 15.4. The minimum Gasteiger partial charge on any atom is -0.332 e. The van der Waals surface area contributed by atoms with Crippen LogP contribution in [0.15, 0.2) is 53.6 Å². The first-order valence-electron chi connectivity index (χ1n) is 10.8. The van der Waals surface area contributed by atoms with Crippen molar-refractivity contribution in [3.63, 3.8) is 0 Å². The lowest BCUT2D eigenvalue weighted by Crippen LogP contribution is -2.46. The smallest absolute Gasteiger partial charge is 0.243 e. The number of halogens is 1. The number of piperidine rings is 1. The number of aromatic nitrogens is 3. The minimum absolute atomic E-state index is 0.00353. The van der Waals surface area contributed by atoms with Crippen LogP contribution in [0.1, 0.15) is 37.5 Å². The highest BCUT2D eigenvalue weighted by atomic mass is 35.5. The van der Waals surface area contributed by atoms with Crippen LogP contribution in [0.4, 0.5) is 0 Å². The van der Waals surface area contributed by atoms with Crippen molar-refractivity contribution in [1.29, 1.82) is 0 Å². The number of carbonyl (C=O) groups excluding carboxylic acids is 1. The molecule has 2 atom stereocenters. The molecule has 4 heterocycles. The Morgan fingerprint density at radius 1 is 1.00 bits per heavy atom. The lowest BCUT2D eigenvalue weighted by atomic mass is 9.97. The second kappa shape index (κ2) is 8.46. The van der Waals surface area contributed by atoms with E-state index in [1.165, 1.54) is 16.4 Å². The van der Waals surface area contributed by atoms with E-state index in [-0.39, 0.29) is 29.3 Å². The monoisotopic (exact) mass is 473 g/mol. The van der Waals surface area contributed by atoms with Gasteiger partial charge in [-0.05, 0) is 62.1 Å². The number of hydrogen-bond donors (Lipinski definition) is 0. The van der Waals surface area contributed by atoms with Crippen LogP contribution in [0, 0.1) is 5.92 Å². The van der Waals surface area contributed by atoms with Gasteiger partial charge < -0.3 is 4.90 Å². The summed E-state index contributed by atoms with van der Waals surface area (Å²) in [4.78, 5) is 15.6. The Labute approximate surface area is 191 Å². The van der Waals surface area contributed by atoms with Gasteiger partial charge >= 0.3 is 0 Å². The zero-order chi connectivity index (χ0) is 22.3. The molecule has 5 rings (SSSR count). The van der Waals surface area contributed by atoms with E-state index in [1.807, 2.05) is 33.7 Å². The van der Waals surface area contributed by atoms with Crippen LogP contribution in [0.25, 0.3) is 5.65 Å². The van der Waals surface area contributed by atoms with Gasteiger partial charge in [-0.3, -0.25) is 9.20 Å². The van der Waals surface area contributed by atoms with Gasteiger partial charge in [0.05, 0.1) is 16.9 Å². The highest BCUT2D eigenvalue weighted by Crippen LogP contribution is 2.34. The number of carbonyl (C=O) groups is 1. The lowest BCUT2D eigenvalue weighted by Gasteiger charge is -2.34. The molecule has 2 aliphatic heterocycles. The van der Waals surface area contributed by atoms with Crippen molar-refractivity contribution in [3.8, 4) is 0 Å². The summed E-state index contributed by atoms with van der Waals surface area (Å²) in [6, 6.07) is 11.7. The van der Waals surface area contributed by atoms with E-state index >= 15 is 0 Å². The Morgan fingerprint density at radius 2 is 1.78 bits per heavy atom. The molecular weight excluding hydrogens is 450 g/mol. The molecule has 0 N–H and O–H groups in total. The van der Waals surface area contributed by atoms with Crippen LogP contribution in [0.2, 0.25) is 5.02 Å². The summed E-state index contributed by atoms with van der Waals surface area (Å²) >= 11 is 5.91. The fourth-order valence-corrected chi connectivity index (χ4v) is 6.39. The standard InChI is InChI=1S/C22H24ClN5O3S/c23-17-8-10-18(11-9-17)32(30,31)26-12-3-5-16(15-26)22(29)27-14-4-6-19(27)21-25-24-20-7-1-2-13-28(20)21/h1-2,7-11,13,16,19H,3-6,12,14-15H2/t16-,19+/m1/s1. The molecule has 0 radical (unpaired) electrons. The summed E-state index contributed by atoms with van der Waals surface area (Å²) in [6.45, 7) is 1.24. The van der Waals surface area contributed by atoms with Gasteiger partial charge in [0.25, 0.3) is 0 Å². The SMILES string of the molecule is O=C([C@@H]1CCCN(S(=O)(=O)c2ccc(Cl)cc2)C1)N1CCC[C@H]1c1nnc2ccccn12. The molecule has 32 heavy (non-hydrogen) atoms. The minimum atomic E-state index is -3.68. The second-order valence-electron chi connectivity index (χ2n) is 8.33. The summed E-state index contributed by atoms with van der Waals surface area (Å²) in [7, 11) is -3.68. The van der Waals surface area contributed by atoms with E-state index in [1.54, 1.807) is 12.1 Å². The molecule has 0 aliphatic carbocycles. The maximum absolute atomic E-state index is 13.5. The lowest BCUT2D eigenvalue weighted by molar-refractivity contribution is -0.137. The van der Waals surface area contributed by atoms with Crippen molar-refractivity contribution in [2.45, 2.75) is 36.6 Å². The van der Waals surface area contributed by atoms with Crippen molar-refractivity contribution in [2.75, 3.05) is 19.6 Å². The first-order valence-corrected chi connectivity index (χ1v) is 12.6. The number of likely N-dealkylation sites (tertiary alicyclic amines) is 1. The van der Waals surface area contributed by atoms with Crippen molar-refractivity contribution in [1.82, 2.24) is 23.8 Å². The van der Waals surface area contributed by atoms with E-state index in [0.717, 1.165) is 24.3 Å². The maximum Gasteiger partial charge on any atom is 0.243 e. The van der Waals surface area contributed by atoms with Gasteiger partial charge in [-0.15, -0.1) is 10.2 Å². The molecule has 2 aliphatic rings. The number of hydrogen-bond acceptors (Lipinski definition) is 5. The van der Waals surface area contributed by atoms with Gasteiger partial charge in [0.15, 0.2) is 11.5 Å². The first kappa shape index (κ1) is 21.4. The van der Waals surface area contributed by atoms with Crippen LogP contribution in [-0.2, 0) is 14.8 Å². The molecular formula is C22H24ClN5O3S. The third kappa shape index (κ3) is 3.78. The van der Waals surface area contributed by atoms with Crippen LogP contribution in [0.5, 0.6) is 0 Å². The normalized spacial score (nSPS) is 22.5. The molecule has 3 aromatic rings. The Bertz CT molecular complexity index is 1240. The number of sulfonamides is 1. The molecule has 0 unspecified atom stereocenters. The Kier molecular flexibility index (Phi) is 5.65. The third-order valence-corrected chi connectivity index (χ3v) is 8.49. The zero-order valence-electron chi connectivity index (χ0n) is 17.5. The van der Waals surface area contributed by atoms with Gasteiger partial charge in [-0.1, -0.05) is 17.7 Å². The van der Waals surface area contributed by atoms with Crippen LogP contribution >= 0.6 is 11.6 Å². The number of nitrogens with zero attached hydrogens (tertiary/aromatic N) is 5. The summed E-state index contributed by atoms with van der Waals surface area (Å²) in [5.74, 6) is 0.384. The second-order valence-corrected chi connectivity index (χ2v) is 10.7. The number of amides is 1. The van der Waals surface area contributed by atoms with Crippen LogP contribution < -0.4 is 0 Å². The van der Waals surface area contributed by atoms with Gasteiger partial charge in [0.1, 0.15) is 0 Å². The van der Waals surface area contributed by atoms with E-state index in [9.17, 15) is 13.2 Å². The van der Waals surface area contributed by atoms with E-state index in [0.29, 0.717) is 31.0 Å². The highest BCUT2D eigenvalue weighted by Gasteiger charge is 2.40. The van der Waals surface area contributed by atoms with Crippen LogP contribution in [0.3, 0.4) is 0 Å². The molecule has 10 heteroatoms. The predicted molar refractivity (Wildman–Crippen MR) is 120 cm³/mol. The average Bonchev–Trinajstić information content (AvgIpc) is 3.46. The molecule has 0 bridgehead atoms. The Hall–Kier alpha value is -2.49. The quantitative estimate of drug-likeness (QED) is 0.580. The summed E-state index contributed by atoms with van der Waals surface area (Å²) in [5.41, 5.74) is 0.750. The molecule has 2 fully saturated rings. The van der Waals surface area contributed by atoms with Gasteiger partial charge in [0.2, 0.25) is 15.9 Å². The molecule has 2 saturated heterocycles. The van der Waals surface area contributed by atoms with Gasteiger partial charge in [-0.2, -0.15) is 4.31 Å². The van der Waals surface area contributed by atoms with Crippen molar-refractivity contribution in [3.05, 3.63) is 59.5 Å². The zero-order valence-corrected chi connectivity index (χ0v) is 19.0. The maximum atomic E-state index is 13.5. The highest BCUT2D eigenvalue weighted by molar-refractivity contribution is 7.89. The number of pyridine rings is 1. The Morgan fingerprint density at radius 3 is 2.59 bits per heavy atom. The number of rotatable bonds is 4. The summed E-state index contributed by atoms with van der Waals surface area (Å²) in [6.07, 6.45) is 4.94. The molecule has 0 saturated carbocycles. The Balaban J connectivity index is 1.36. The number of benzene rings is 1. The van der Waals surface area contributed by atoms with Gasteiger partial charge in [-0.25, -0.2) is 8.42 Å². The van der Waals surface area contributed by atoms with E-state index < -0.39 is 10.0 Å². The third-order valence-electron chi connectivity index (χ3n) is 6.36. The average molecular weight is 474 g/mol. The summed E-state index contributed by atoms with van der Waals surface area (Å²) < 4.78 is 29.6. The fraction of sp³-hybridized carbons (Fsp3) is 0.409. The fourth-order valence-electron chi connectivity index (χ4n) is 4.74. The molecule has 1 aromatic carbocycles. The van der Waals surface area contributed by atoms with Crippen molar-refractivity contribution < 1.29 is 13.2 Å². The van der Waals surface area contributed by atoms with E-state index in [4.69, 9.17) is 11.6 Å². The molecule has 1 amide bonds. The molecule has 8 nitrogen and oxygen atoms in total. The molecule has 0 spiro atoms. The number of fused-ring (bicyclic) bond motifs is 1. The summed E-state index contributed by atoms with van der Waals surface area (Å²) in [5, 5.41) is 9.07. The van der Waals surface area contributed by atoms with E-state index in [2.05, 4.69) is 10.2 Å². The largest absolute Gasteiger partial charge is 0.332 e. The van der Waals surface area contributed by atoms with Gasteiger partial charge in [0, 0.05) is 30.9 Å².